The highest BCUT2D eigenvalue weighted by Gasteiger charge is 2.21. The first-order chi connectivity index (χ1) is 18.0. The quantitative estimate of drug-likeness (QED) is 0.0807. The van der Waals surface area contributed by atoms with Gasteiger partial charge in [0.25, 0.3) is 0 Å². The Bertz CT molecular complexity index is 1260. The lowest BCUT2D eigenvalue weighted by atomic mass is 9.99. The molecule has 0 heterocycles. The number of ether oxygens (including phenoxy) is 4. The largest absolute Gasteiger partial charge is 0.513 e. The van der Waals surface area contributed by atoms with E-state index in [1.165, 1.54) is 0 Å². The molecule has 0 aromatic heterocycles. The fourth-order valence-corrected chi connectivity index (χ4v) is 3.88. The number of rotatable bonds is 12. The summed E-state index contributed by atoms with van der Waals surface area (Å²) in [5.74, 6) is 0.724. The summed E-state index contributed by atoms with van der Waals surface area (Å²) in [5, 5.41) is 2.54. The Morgan fingerprint density at radius 2 is 1.11 bits per heavy atom. The van der Waals surface area contributed by atoms with Crippen LogP contribution in [0.4, 0.5) is 9.59 Å². The molecule has 0 saturated carbocycles. The summed E-state index contributed by atoms with van der Waals surface area (Å²) in [4.78, 5) is 25.1. The van der Waals surface area contributed by atoms with Crippen molar-refractivity contribution in [3.8, 4) is 11.5 Å². The van der Waals surface area contributed by atoms with E-state index in [1.807, 2.05) is 61.5 Å². The van der Waals surface area contributed by atoms with Crippen molar-refractivity contribution in [2.45, 2.75) is 59.3 Å². The van der Waals surface area contributed by atoms with E-state index in [2.05, 4.69) is 26.0 Å². The van der Waals surface area contributed by atoms with E-state index < -0.39 is 12.3 Å². The number of carbonyl (C=O) groups excluding carboxylic acids is 2. The van der Waals surface area contributed by atoms with Gasteiger partial charge < -0.3 is 18.9 Å². The highest BCUT2D eigenvalue weighted by atomic mass is 16.7. The molecule has 3 aromatic rings. The molecule has 0 spiro atoms. The van der Waals surface area contributed by atoms with Crippen molar-refractivity contribution in [2.24, 2.45) is 0 Å². The van der Waals surface area contributed by atoms with Crippen molar-refractivity contribution in [3.63, 3.8) is 0 Å². The zero-order valence-corrected chi connectivity index (χ0v) is 22.0. The number of hydrogen-bond acceptors (Lipinski definition) is 6. The van der Waals surface area contributed by atoms with Crippen molar-refractivity contribution in [1.29, 1.82) is 0 Å². The minimum absolute atomic E-state index is 0.231. The van der Waals surface area contributed by atoms with Crippen LogP contribution in [0.25, 0.3) is 21.5 Å². The Morgan fingerprint density at radius 1 is 0.649 bits per heavy atom. The predicted octanol–water partition coefficient (Wildman–Crippen LogP) is 8.83. The highest BCUT2D eigenvalue weighted by Crippen LogP contribution is 2.43. The van der Waals surface area contributed by atoms with Gasteiger partial charge in [0.05, 0.1) is 13.2 Å². The first kappa shape index (κ1) is 27.8. The van der Waals surface area contributed by atoms with Gasteiger partial charge in [-0.25, -0.2) is 9.59 Å². The average molecular weight is 505 g/mol. The van der Waals surface area contributed by atoms with Crippen LogP contribution in [0, 0.1) is 6.92 Å². The molecular formula is C31H36O6. The smallest absolute Gasteiger partial charge is 0.434 e. The molecule has 0 radical (unpaired) electrons. The van der Waals surface area contributed by atoms with E-state index in [-0.39, 0.29) is 13.2 Å². The standard InChI is InChI=1S/C31H36O6/c1-4-6-8-10-14-20-34-30(32)36-28-24-16-12-13-17-25(24)29(27-22-23(3)18-19-26(27)28)37-31(33)35-21-15-11-9-7-5-2/h8-13,16-19,22H,4-7,14-15,20-21H2,1-3H3/b10-8+,11-9+. The third-order valence-electron chi connectivity index (χ3n) is 5.70. The van der Waals surface area contributed by atoms with Crippen molar-refractivity contribution >= 4 is 33.9 Å². The van der Waals surface area contributed by atoms with E-state index >= 15 is 0 Å². The van der Waals surface area contributed by atoms with Gasteiger partial charge in [0.15, 0.2) is 0 Å². The van der Waals surface area contributed by atoms with Crippen LogP contribution in [0.2, 0.25) is 0 Å². The summed E-state index contributed by atoms with van der Waals surface area (Å²) in [6.07, 6.45) is 12.0. The summed E-state index contributed by atoms with van der Waals surface area (Å²) >= 11 is 0. The molecule has 6 nitrogen and oxygen atoms in total. The van der Waals surface area contributed by atoms with Gasteiger partial charge in [0.1, 0.15) is 11.5 Å². The van der Waals surface area contributed by atoms with Crippen LogP contribution in [0.15, 0.2) is 66.8 Å². The summed E-state index contributed by atoms with van der Waals surface area (Å²) in [5.41, 5.74) is 0.967. The zero-order valence-electron chi connectivity index (χ0n) is 22.0. The molecule has 37 heavy (non-hydrogen) atoms. The Hall–Kier alpha value is -3.80. The van der Waals surface area contributed by atoms with Crippen molar-refractivity contribution in [2.75, 3.05) is 13.2 Å². The molecule has 0 aliphatic rings. The first-order valence-electron chi connectivity index (χ1n) is 13.0. The van der Waals surface area contributed by atoms with Gasteiger partial charge in [-0.3, -0.25) is 0 Å². The number of unbranched alkanes of at least 4 members (excludes halogenated alkanes) is 2. The van der Waals surface area contributed by atoms with Crippen LogP contribution in [0.1, 0.15) is 57.9 Å². The number of benzene rings is 3. The van der Waals surface area contributed by atoms with Crippen molar-refractivity contribution in [1.82, 2.24) is 0 Å². The number of fused-ring (bicyclic) bond motifs is 2. The molecule has 0 amide bonds. The highest BCUT2D eigenvalue weighted by molar-refractivity contribution is 6.12. The van der Waals surface area contributed by atoms with E-state index in [0.29, 0.717) is 45.9 Å². The maximum Gasteiger partial charge on any atom is 0.513 e. The van der Waals surface area contributed by atoms with Gasteiger partial charge in [0, 0.05) is 21.5 Å². The lowest BCUT2D eigenvalue weighted by Crippen LogP contribution is -2.13. The van der Waals surface area contributed by atoms with E-state index in [4.69, 9.17) is 18.9 Å². The Labute approximate surface area is 218 Å². The summed E-state index contributed by atoms with van der Waals surface area (Å²) in [6, 6.07) is 13.0. The van der Waals surface area contributed by atoms with Gasteiger partial charge in [0.2, 0.25) is 0 Å². The van der Waals surface area contributed by atoms with Crippen LogP contribution in [-0.4, -0.2) is 25.5 Å². The summed E-state index contributed by atoms with van der Waals surface area (Å²) in [6.45, 7) is 6.63. The second-order valence-corrected chi connectivity index (χ2v) is 8.75. The molecule has 0 unspecified atom stereocenters. The number of allylic oxidation sites excluding steroid dienone is 2. The molecular weight excluding hydrogens is 468 g/mol. The van der Waals surface area contributed by atoms with Crippen molar-refractivity contribution < 1.29 is 28.5 Å². The molecule has 0 saturated heterocycles. The van der Waals surface area contributed by atoms with Crippen LogP contribution >= 0.6 is 0 Å². The van der Waals surface area contributed by atoms with Gasteiger partial charge >= 0.3 is 12.3 Å². The Kier molecular flexibility index (Phi) is 11.0. The van der Waals surface area contributed by atoms with Crippen LogP contribution in [-0.2, 0) is 9.47 Å². The molecule has 196 valence electrons. The van der Waals surface area contributed by atoms with Crippen LogP contribution in [0.3, 0.4) is 0 Å². The number of hydrogen-bond donors (Lipinski definition) is 0. The van der Waals surface area contributed by atoms with E-state index in [1.54, 1.807) is 0 Å². The zero-order chi connectivity index (χ0) is 26.5. The van der Waals surface area contributed by atoms with Gasteiger partial charge in [-0.05, 0) is 38.7 Å². The molecule has 6 heteroatoms. The Morgan fingerprint density at radius 3 is 1.62 bits per heavy atom. The maximum atomic E-state index is 12.6. The van der Waals surface area contributed by atoms with Crippen molar-refractivity contribution in [3.05, 3.63) is 72.3 Å². The fourth-order valence-electron chi connectivity index (χ4n) is 3.88. The second-order valence-electron chi connectivity index (χ2n) is 8.75. The van der Waals surface area contributed by atoms with Gasteiger partial charge in [-0.15, -0.1) is 0 Å². The molecule has 0 fully saturated rings. The average Bonchev–Trinajstić information content (AvgIpc) is 2.90. The van der Waals surface area contributed by atoms with Gasteiger partial charge in [-0.2, -0.15) is 0 Å². The van der Waals surface area contributed by atoms with Crippen LogP contribution in [0.5, 0.6) is 11.5 Å². The Balaban J connectivity index is 1.85. The summed E-state index contributed by atoms with van der Waals surface area (Å²) in [7, 11) is 0. The van der Waals surface area contributed by atoms with E-state index in [0.717, 1.165) is 31.2 Å². The van der Waals surface area contributed by atoms with E-state index in [9.17, 15) is 9.59 Å². The second kappa shape index (κ2) is 14.7. The molecule has 0 atom stereocenters. The minimum atomic E-state index is -0.778. The first-order valence-corrected chi connectivity index (χ1v) is 13.0. The molecule has 0 aliphatic heterocycles. The molecule has 0 bridgehead atoms. The fraction of sp³-hybridized carbons (Fsp3) is 0.355. The maximum absolute atomic E-state index is 12.6. The molecule has 3 rings (SSSR count). The third kappa shape index (κ3) is 8.10. The molecule has 0 N–H and O–H groups in total. The molecule has 3 aromatic carbocycles. The van der Waals surface area contributed by atoms with Gasteiger partial charge in [-0.1, -0.05) is 93.0 Å². The van der Waals surface area contributed by atoms with Crippen LogP contribution < -0.4 is 9.47 Å². The molecule has 0 aliphatic carbocycles. The lowest BCUT2D eigenvalue weighted by molar-refractivity contribution is 0.0999. The minimum Gasteiger partial charge on any atom is -0.434 e. The number of carbonyl (C=O) groups is 2. The summed E-state index contributed by atoms with van der Waals surface area (Å²) < 4.78 is 22.0. The topological polar surface area (TPSA) is 71.1 Å². The SMILES string of the molecule is CCC/C=C/CCOC(=O)Oc1c2ccccc2c(OC(=O)OCC/C=C/CCC)c2cc(C)ccc12. The third-order valence-corrected chi connectivity index (χ3v) is 5.70. The monoisotopic (exact) mass is 504 g/mol. The predicted molar refractivity (Wildman–Crippen MR) is 147 cm³/mol. The lowest BCUT2D eigenvalue weighted by Gasteiger charge is -2.16. The normalized spacial score (nSPS) is 11.4. The number of aryl methyl sites for hydroxylation is 1.